The van der Waals surface area contributed by atoms with Crippen LogP contribution in [0, 0.1) is 6.92 Å². The van der Waals surface area contributed by atoms with Crippen LogP contribution >= 0.6 is 15.9 Å². The molecular formula is C16H19BrO. The zero-order valence-electron chi connectivity index (χ0n) is 10.8. The normalized spacial score (nSPS) is 19.6. The molecule has 0 atom stereocenters. The lowest BCUT2D eigenvalue weighted by Gasteiger charge is -2.11. The van der Waals surface area contributed by atoms with E-state index < -0.39 is 0 Å². The van der Waals surface area contributed by atoms with E-state index in [-0.39, 0.29) is 5.78 Å². The minimum absolute atomic E-state index is 0.215. The summed E-state index contributed by atoms with van der Waals surface area (Å²) in [5.41, 5.74) is 2.95. The molecule has 2 rings (SSSR count). The molecule has 1 aliphatic rings. The highest BCUT2D eigenvalue weighted by atomic mass is 79.9. The molecule has 96 valence electrons. The number of allylic oxidation sites excluding steroid dienone is 2. The highest BCUT2D eigenvalue weighted by molar-refractivity contribution is 9.10. The van der Waals surface area contributed by atoms with Crippen LogP contribution in [0.3, 0.4) is 0 Å². The fraction of sp³-hybridized carbons (Fsp3) is 0.438. The van der Waals surface area contributed by atoms with Gasteiger partial charge in [-0.3, -0.25) is 4.79 Å². The molecule has 0 fully saturated rings. The number of benzene rings is 1. The molecule has 1 aliphatic carbocycles. The van der Waals surface area contributed by atoms with Crippen LogP contribution in [0.4, 0.5) is 0 Å². The second-order valence-electron chi connectivity index (χ2n) is 4.98. The first-order valence-corrected chi connectivity index (χ1v) is 7.47. The van der Waals surface area contributed by atoms with E-state index in [4.69, 9.17) is 0 Å². The van der Waals surface area contributed by atoms with Gasteiger partial charge in [0.15, 0.2) is 5.78 Å². The summed E-state index contributed by atoms with van der Waals surface area (Å²) in [6.45, 7) is 2.02. The van der Waals surface area contributed by atoms with Crippen LogP contribution in [0.1, 0.15) is 54.4 Å². The largest absolute Gasteiger partial charge is 0.289 e. The number of hydrogen-bond acceptors (Lipinski definition) is 1. The van der Waals surface area contributed by atoms with E-state index in [0.717, 1.165) is 40.4 Å². The van der Waals surface area contributed by atoms with Crippen molar-refractivity contribution in [1.82, 2.24) is 0 Å². The smallest absolute Gasteiger partial charge is 0.188 e. The molecule has 18 heavy (non-hydrogen) atoms. The van der Waals surface area contributed by atoms with Gasteiger partial charge in [0.2, 0.25) is 0 Å². The van der Waals surface area contributed by atoms with E-state index in [1.54, 1.807) is 0 Å². The van der Waals surface area contributed by atoms with E-state index in [0.29, 0.717) is 0 Å². The van der Waals surface area contributed by atoms with Crippen molar-refractivity contribution in [3.05, 3.63) is 45.4 Å². The molecule has 0 N–H and O–H groups in total. The summed E-state index contributed by atoms with van der Waals surface area (Å²) in [6.07, 6.45) is 9.06. The molecule has 1 aromatic carbocycles. The molecule has 0 aliphatic heterocycles. The van der Waals surface area contributed by atoms with Crippen molar-refractivity contribution in [2.24, 2.45) is 0 Å². The van der Waals surface area contributed by atoms with E-state index in [1.807, 2.05) is 25.1 Å². The predicted octanol–water partition coefficient (Wildman–Crippen LogP) is 5.22. The van der Waals surface area contributed by atoms with Crippen molar-refractivity contribution in [2.45, 2.75) is 45.4 Å². The summed E-state index contributed by atoms with van der Waals surface area (Å²) in [5.74, 6) is 0.215. The zero-order chi connectivity index (χ0) is 13.0. The summed E-state index contributed by atoms with van der Waals surface area (Å²) in [6, 6.07) is 5.86. The quantitative estimate of drug-likeness (QED) is 0.685. The van der Waals surface area contributed by atoms with Crippen molar-refractivity contribution in [2.75, 3.05) is 0 Å². The number of hydrogen-bond donors (Lipinski definition) is 0. The predicted molar refractivity (Wildman–Crippen MR) is 79.0 cm³/mol. The Bertz CT molecular complexity index is 474. The van der Waals surface area contributed by atoms with Gasteiger partial charge >= 0.3 is 0 Å². The fourth-order valence-electron chi connectivity index (χ4n) is 2.37. The lowest BCUT2D eigenvalue weighted by molar-refractivity contribution is 0.102. The molecule has 0 heterocycles. The molecule has 0 saturated heterocycles. The molecule has 0 radical (unpaired) electrons. The fourth-order valence-corrected chi connectivity index (χ4v) is 2.62. The molecule has 0 saturated carbocycles. The minimum Gasteiger partial charge on any atom is -0.289 e. The summed E-state index contributed by atoms with van der Waals surface area (Å²) < 4.78 is 1.06. The molecule has 0 unspecified atom stereocenters. The standard InChI is InChI=1S/C16H19BrO/c1-12-11-14(9-10-15(12)17)16(18)13-7-5-3-2-4-6-8-13/h7,9-11H,2-6,8H2,1H3/b13-7+. The Morgan fingerprint density at radius 3 is 2.72 bits per heavy atom. The lowest BCUT2D eigenvalue weighted by Crippen LogP contribution is -2.05. The number of carbonyl (C=O) groups excluding carboxylic acids is 1. The molecule has 0 bridgehead atoms. The van der Waals surface area contributed by atoms with Gasteiger partial charge in [0.1, 0.15) is 0 Å². The van der Waals surface area contributed by atoms with Crippen LogP contribution < -0.4 is 0 Å². The van der Waals surface area contributed by atoms with E-state index in [9.17, 15) is 4.79 Å². The van der Waals surface area contributed by atoms with Crippen molar-refractivity contribution >= 4 is 21.7 Å². The third-order valence-electron chi connectivity index (χ3n) is 3.50. The zero-order valence-corrected chi connectivity index (χ0v) is 12.4. The topological polar surface area (TPSA) is 17.1 Å². The number of aryl methyl sites for hydroxylation is 1. The Morgan fingerprint density at radius 2 is 1.94 bits per heavy atom. The third kappa shape index (κ3) is 3.32. The summed E-state index contributed by atoms with van der Waals surface area (Å²) in [4.78, 5) is 12.4. The van der Waals surface area contributed by atoms with E-state index >= 15 is 0 Å². The molecule has 0 amide bonds. The number of halogens is 1. The van der Waals surface area contributed by atoms with Gasteiger partial charge in [-0.1, -0.05) is 34.8 Å². The van der Waals surface area contributed by atoms with Crippen molar-refractivity contribution in [3.63, 3.8) is 0 Å². The third-order valence-corrected chi connectivity index (χ3v) is 4.39. The average Bonchev–Trinajstić information content (AvgIpc) is 2.31. The highest BCUT2D eigenvalue weighted by Gasteiger charge is 2.13. The Morgan fingerprint density at radius 1 is 1.17 bits per heavy atom. The molecule has 0 spiro atoms. The first-order chi connectivity index (χ1) is 8.68. The SMILES string of the molecule is Cc1cc(C(=O)/C2=C/CCCCCC2)ccc1Br. The number of ketones is 1. The number of Topliss-reactive ketones (excluding diaryl/α,β-unsaturated/α-hetero) is 1. The first-order valence-electron chi connectivity index (χ1n) is 6.68. The van der Waals surface area contributed by atoms with E-state index in [2.05, 4.69) is 22.0 Å². The molecule has 1 aromatic rings. The maximum atomic E-state index is 12.4. The summed E-state index contributed by atoms with van der Waals surface area (Å²) >= 11 is 3.47. The Kier molecular flexibility index (Phi) is 4.76. The van der Waals surface area contributed by atoms with Gasteiger partial charge in [-0.25, -0.2) is 0 Å². The van der Waals surface area contributed by atoms with Gasteiger partial charge in [-0.2, -0.15) is 0 Å². The Hall–Kier alpha value is -0.890. The van der Waals surface area contributed by atoms with Crippen LogP contribution in [0.15, 0.2) is 34.3 Å². The average molecular weight is 307 g/mol. The molecule has 1 nitrogen and oxygen atoms in total. The van der Waals surface area contributed by atoms with Crippen molar-refractivity contribution in [1.29, 1.82) is 0 Å². The van der Waals surface area contributed by atoms with Crippen LogP contribution in [-0.2, 0) is 0 Å². The summed E-state index contributed by atoms with van der Waals surface area (Å²) in [5, 5.41) is 0. The van der Waals surface area contributed by atoms with Gasteiger partial charge in [0.05, 0.1) is 0 Å². The highest BCUT2D eigenvalue weighted by Crippen LogP contribution is 2.23. The maximum absolute atomic E-state index is 12.4. The molecular weight excluding hydrogens is 288 g/mol. The second-order valence-corrected chi connectivity index (χ2v) is 5.83. The molecule has 2 heteroatoms. The van der Waals surface area contributed by atoms with E-state index in [1.165, 1.54) is 19.3 Å². The monoisotopic (exact) mass is 306 g/mol. The maximum Gasteiger partial charge on any atom is 0.188 e. The van der Waals surface area contributed by atoms with Crippen molar-refractivity contribution in [3.8, 4) is 0 Å². The van der Waals surface area contributed by atoms with Gasteiger partial charge in [-0.15, -0.1) is 0 Å². The lowest BCUT2D eigenvalue weighted by atomic mass is 9.93. The van der Waals surface area contributed by atoms with Gasteiger partial charge in [0.25, 0.3) is 0 Å². The van der Waals surface area contributed by atoms with Gasteiger partial charge in [-0.05, 0) is 61.9 Å². The minimum atomic E-state index is 0.215. The van der Waals surface area contributed by atoms with Crippen LogP contribution in [0.25, 0.3) is 0 Å². The number of rotatable bonds is 2. The first kappa shape index (κ1) is 13.5. The molecule has 0 aromatic heterocycles. The van der Waals surface area contributed by atoms with Crippen LogP contribution in [0.2, 0.25) is 0 Å². The van der Waals surface area contributed by atoms with Gasteiger partial charge in [0, 0.05) is 10.0 Å². The Labute approximate surface area is 117 Å². The van der Waals surface area contributed by atoms with Crippen LogP contribution in [0.5, 0.6) is 0 Å². The van der Waals surface area contributed by atoms with Crippen LogP contribution in [-0.4, -0.2) is 5.78 Å². The number of carbonyl (C=O) groups is 1. The summed E-state index contributed by atoms with van der Waals surface area (Å²) in [7, 11) is 0. The second kappa shape index (κ2) is 6.33. The van der Waals surface area contributed by atoms with Crippen molar-refractivity contribution < 1.29 is 4.79 Å². The van der Waals surface area contributed by atoms with Gasteiger partial charge < -0.3 is 0 Å². The Balaban J connectivity index is 2.21.